The number of nitrogens with one attached hydrogen (secondary N) is 1. The molecule has 2 atom stereocenters. The highest BCUT2D eigenvalue weighted by Crippen LogP contribution is 2.28. The van der Waals surface area contributed by atoms with Gasteiger partial charge in [0.1, 0.15) is 0 Å². The fourth-order valence-corrected chi connectivity index (χ4v) is 4.22. The Bertz CT molecular complexity index is 1280. The molecule has 1 aliphatic rings. The lowest BCUT2D eigenvalue weighted by Gasteiger charge is -2.35. The molecule has 0 spiro atoms. The van der Waals surface area contributed by atoms with Gasteiger partial charge in [-0.05, 0) is 56.7 Å². The van der Waals surface area contributed by atoms with Crippen molar-refractivity contribution in [3.05, 3.63) is 65.4 Å². The summed E-state index contributed by atoms with van der Waals surface area (Å²) in [7, 11) is 1.52. The lowest BCUT2D eigenvalue weighted by Crippen LogP contribution is -2.49. The molecule has 1 aliphatic heterocycles. The number of benzene rings is 2. The minimum atomic E-state index is -0.329. The quantitative estimate of drug-likeness (QED) is 0.403. The summed E-state index contributed by atoms with van der Waals surface area (Å²) >= 11 is 0. The van der Waals surface area contributed by atoms with Gasteiger partial charge in [-0.2, -0.15) is 5.10 Å². The molecule has 2 amide bonds. The van der Waals surface area contributed by atoms with Gasteiger partial charge in [0.2, 0.25) is 0 Å². The number of pyridine rings is 1. The van der Waals surface area contributed by atoms with Gasteiger partial charge >= 0.3 is 0 Å². The first-order chi connectivity index (χ1) is 17.3. The molecule has 1 aromatic heterocycles. The molecule has 36 heavy (non-hydrogen) atoms. The number of ether oxygens (including phenoxy) is 3. The van der Waals surface area contributed by atoms with Crippen molar-refractivity contribution in [2.75, 3.05) is 26.8 Å². The molecule has 0 unspecified atom stereocenters. The van der Waals surface area contributed by atoms with E-state index in [1.807, 2.05) is 45.0 Å². The van der Waals surface area contributed by atoms with Crippen molar-refractivity contribution < 1.29 is 23.8 Å². The zero-order chi connectivity index (χ0) is 25.7. The number of amides is 2. The Morgan fingerprint density at radius 2 is 1.89 bits per heavy atom. The van der Waals surface area contributed by atoms with Crippen molar-refractivity contribution in [2.45, 2.75) is 33.0 Å². The smallest absolute Gasteiger partial charge is 0.272 e. The van der Waals surface area contributed by atoms with Crippen LogP contribution in [0, 0.1) is 6.92 Å². The molecule has 2 aromatic carbocycles. The number of carbonyl (C=O) groups is 2. The predicted molar refractivity (Wildman–Crippen MR) is 137 cm³/mol. The van der Waals surface area contributed by atoms with Gasteiger partial charge in [-0.25, -0.2) is 5.43 Å². The zero-order valence-corrected chi connectivity index (χ0v) is 20.9. The molecule has 1 N–H and O–H groups in total. The maximum atomic E-state index is 12.8. The molecule has 188 valence electrons. The van der Waals surface area contributed by atoms with Gasteiger partial charge in [-0.1, -0.05) is 18.2 Å². The number of aromatic nitrogens is 1. The maximum absolute atomic E-state index is 12.8. The second kappa shape index (κ2) is 11.2. The van der Waals surface area contributed by atoms with Gasteiger partial charge in [-0.3, -0.25) is 14.6 Å². The van der Waals surface area contributed by atoms with Gasteiger partial charge < -0.3 is 19.1 Å². The molecule has 0 aliphatic carbocycles. The molecule has 2 heterocycles. The Morgan fingerprint density at radius 3 is 2.64 bits per heavy atom. The number of aryl methyl sites for hydroxylation is 1. The van der Waals surface area contributed by atoms with Gasteiger partial charge in [-0.15, -0.1) is 0 Å². The third kappa shape index (κ3) is 5.98. The van der Waals surface area contributed by atoms with Crippen LogP contribution in [0.4, 0.5) is 0 Å². The summed E-state index contributed by atoms with van der Waals surface area (Å²) in [6.45, 7) is 6.72. The molecule has 3 aromatic rings. The first-order valence-electron chi connectivity index (χ1n) is 11.8. The molecule has 0 radical (unpaired) electrons. The fourth-order valence-electron chi connectivity index (χ4n) is 4.22. The first-order valence-corrected chi connectivity index (χ1v) is 11.8. The number of methoxy groups -OCH3 is 1. The summed E-state index contributed by atoms with van der Waals surface area (Å²) in [4.78, 5) is 31.6. The SMILES string of the molecule is COc1cc(/C=N\NC(=O)c2cc(C)nc3ccccc23)ccc1OCC(=O)N1C[C@@H](C)O[C@@H](C)C1. The number of fused-ring (bicyclic) bond motifs is 1. The van der Waals surface area contributed by atoms with Crippen molar-refractivity contribution in [2.24, 2.45) is 5.10 Å². The van der Waals surface area contributed by atoms with Crippen molar-refractivity contribution >= 4 is 28.9 Å². The van der Waals surface area contributed by atoms with Gasteiger partial charge in [0.15, 0.2) is 18.1 Å². The van der Waals surface area contributed by atoms with Crippen LogP contribution in [0.2, 0.25) is 0 Å². The fraction of sp³-hybridized carbons (Fsp3) is 0.333. The summed E-state index contributed by atoms with van der Waals surface area (Å²) < 4.78 is 16.9. The van der Waals surface area contributed by atoms with Crippen LogP contribution >= 0.6 is 0 Å². The summed E-state index contributed by atoms with van der Waals surface area (Å²) in [6, 6.07) is 14.4. The number of hydrogen-bond acceptors (Lipinski definition) is 7. The van der Waals surface area contributed by atoms with E-state index in [0.29, 0.717) is 35.7 Å². The van der Waals surface area contributed by atoms with E-state index in [1.54, 1.807) is 29.2 Å². The number of carbonyl (C=O) groups excluding carboxylic acids is 2. The average Bonchev–Trinajstić information content (AvgIpc) is 2.86. The average molecular weight is 491 g/mol. The van der Waals surface area contributed by atoms with E-state index >= 15 is 0 Å². The highest BCUT2D eigenvalue weighted by Gasteiger charge is 2.26. The van der Waals surface area contributed by atoms with E-state index in [1.165, 1.54) is 13.3 Å². The van der Waals surface area contributed by atoms with E-state index in [9.17, 15) is 9.59 Å². The Morgan fingerprint density at radius 1 is 1.14 bits per heavy atom. The van der Waals surface area contributed by atoms with E-state index in [2.05, 4.69) is 15.5 Å². The van der Waals surface area contributed by atoms with Gasteiger partial charge in [0, 0.05) is 24.2 Å². The number of rotatable bonds is 7. The summed E-state index contributed by atoms with van der Waals surface area (Å²) in [5, 5.41) is 4.85. The standard InChI is InChI=1S/C27H30N4O5/c1-17-11-22(21-7-5-6-8-23(21)29-17)27(33)30-28-13-20-9-10-24(25(12-20)34-4)35-16-26(32)31-14-18(2)36-19(3)15-31/h5-13,18-19H,14-16H2,1-4H3,(H,30,33)/b28-13-/t18-,19+. The number of nitrogens with zero attached hydrogens (tertiary/aromatic N) is 3. The third-order valence-corrected chi connectivity index (χ3v) is 5.78. The number of para-hydroxylation sites is 1. The Kier molecular flexibility index (Phi) is 7.80. The first kappa shape index (κ1) is 25.1. The Balaban J connectivity index is 1.39. The van der Waals surface area contributed by atoms with Crippen LogP contribution in [-0.2, 0) is 9.53 Å². The molecule has 1 saturated heterocycles. The molecule has 0 saturated carbocycles. The van der Waals surface area contributed by atoms with Crippen LogP contribution in [0.1, 0.15) is 35.5 Å². The van der Waals surface area contributed by atoms with Crippen molar-refractivity contribution in [1.82, 2.24) is 15.3 Å². The minimum Gasteiger partial charge on any atom is -0.493 e. The van der Waals surface area contributed by atoms with Crippen molar-refractivity contribution in [3.8, 4) is 11.5 Å². The lowest BCUT2D eigenvalue weighted by atomic mass is 10.1. The third-order valence-electron chi connectivity index (χ3n) is 5.78. The largest absolute Gasteiger partial charge is 0.493 e. The monoisotopic (exact) mass is 490 g/mol. The molecular weight excluding hydrogens is 460 g/mol. The Hall–Kier alpha value is -3.98. The van der Waals surface area contributed by atoms with Crippen molar-refractivity contribution in [1.29, 1.82) is 0 Å². The highest BCUT2D eigenvalue weighted by atomic mass is 16.5. The number of hydrazone groups is 1. The zero-order valence-electron chi connectivity index (χ0n) is 20.9. The molecular formula is C27H30N4O5. The Labute approximate surface area is 210 Å². The highest BCUT2D eigenvalue weighted by molar-refractivity contribution is 6.06. The van der Waals surface area contributed by atoms with Gasteiger partial charge in [0.05, 0.1) is 36.6 Å². The normalized spacial score (nSPS) is 17.8. The number of morpholine rings is 1. The van der Waals surface area contributed by atoms with E-state index in [0.717, 1.165) is 16.6 Å². The van der Waals surface area contributed by atoms with Crippen LogP contribution in [0.5, 0.6) is 11.5 Å². The summed E-state index contributed by atoms with van der Waals surface area (Å²) in [6.07, 6.45) is 1.50. The lowest BCUT2D eigenvalue weighted by molar-refractivity contribution is -0.145. The van der Waals surface area contributed by atoms with Crippen LogP contribution in [0.25, 0.3) is 10.9 Å². The van der Waals surface area contributed by atoms with E-state index < -0.39 is 0 Å². The van der Waals surface area contributed by atoms with E-state index in [-0.39, 0.29) is 30.6 Å². The number of hydrogen-bond donors (Lipinski definition) is 1. The minimum absolute atomic E-state index is 0.00685. The molecule has 0 bridgehead atoms. The maximum Gasteiger partial charge on any atom is 0.272 e. The molecule has 9 heteroatoms. The van der Waals surface area contributed by atoms with E-state index in [4.69, 9.17) is 14.2 Å². The van der Waals surface area contributed by atoms with Crippen LogP contribution < -0.4 is 14.9 Å². The summed E-state index contributed by atoms with van der Waals surface area (Å²) in [5.41, 5.74) is 5.27. The topological polar surface area (TPSA) is 102 Å². The molecule has 1 fully saturated rings. The van der Waals surface area contributed by atoms with Crippen LogP contribution in [0.15, 0.2) is 53.6 Å². The summed E-state index contributed by atoms with van der Waals surface area (Å²) in [5.74, 6) is 0.467. The van der Waals surface area contributed by atoms with Crippen LogP contribution in [0.3, 0.4) is 0 Å². The molecule has 9 nitrogen and oxygen atoms in total. The second-order valence-electron chi connectivity index (χ2n) is 8.78. The van der Waals surface area contributed by atoms with Crippen molar-refractivity contribution in [3.63, 3.8) is 0 Å². The van der Waals surface area contributed by atoms with Crippen LogP contribution in [-0.4, -0.2) is 66.9 Å². The second-order valence-corrected chi connectivity index (χ2v) is 8.78. The molecule has 4 rings (SSSR count). The van der Waals surface area contributed by atoms with Gasteiger partial charge in [0.25, 0.3) is 11.8 Å². The predicted octanol–water partition coefficient (Wildman–Crippen LogP) is 3.33.